The Hall–Kier alpha value is -1.10. The maximum Gasteiger partial charge on any atom is 0.224 e. The molecule has 19 heavy (non-hydrogen) atoms. The lowest BCUT2D eigenvalue weighted by atomic mass is 10.1. The zero-order valence-electron chi connectivity index (χ0n) is 11.7. The molecule has 0 aromatic rings. The van der Waals surface area contributed by atoms with Gasteiger partial charge in [0, 0.05) is 52.1 Å². The van der Waals surface area contributed by atoms with Crippen LogP contribution in [-0.2, 0) is 9.59 Å². The van der Waals surface area contributed by atoms with E-state index in [2.05, 4.69) is 5.32 Å². The molecule has 2 amide bonds. The average Bonchev–Trinajstić information content (AvgIpc) is 2.43. The van der Waals surface area contributed by atoms with Gasteiger partial charge in [0.1, 0.15) is 0 Å². The maximum atomic E-state index is 12.1. The molecule has 0 atom stereocenters. The Morgan fingerprint density at radius 3 is 2.58 bits per heavy atom. The summed E-state index contributed by atoms with van der Waals surface area (Å²) < 4.78 is 0. The van der Waals surface area contributed by atoms with E-state index in [9.17, 15) is 9.59 Å². The number of nitrogens with one attached hydrogen (secondary N) is 1. The average molecular weight is 267 g/mol. The number of amides is 2. The topological polar surface area (TPSA) is 52.7 Å². The van der Waals surface area contributed by atoms with Crippen molar-refractivity contribution in [2.75, 3.05) is 39.3 Å². The summed E-state index contributed by atoms with van der Waals surface area (Å²) in [6.45, 7) is 4.79. The van der Waals surface area contributed by atoms with E-state index in [1.165, 1.54) is 12.8 Å². The van der Waals surface area contributed by atoms with Crippen LogP contribution in [0.5, 0.6) is 0 Å². The first kappa shape index (κ1) is 14.3. The van der Waals surface area contributed by atoms with E-state index in [1.54, 1.807) is 0 Å². The fraction of sp³-hybridized carbons (Fsp3) is 0.857. The maximum absolute atomic E-state index is 12.1. The molecular weight excluding hydrogens is 242 g/mol. The van der Waals surface area contributed by atoms with Gasteiger partial charge in [-0.1, -0.05) is 12.8 Å². The van der Waals surface area contributed by atoms with Crippen molar-refractivity contribution >= 4 is 11.8 Å². The molecule has 0 bridgehead atoms. The van der Waals surface area contributed by atoms with Crippen molar-refractivity contribution < 1.29 is 9.59 Å². The summed E-state index contributed by atoms with van der Waals surface area (Å²) in [5.41, 5.74) is 0. The molecule has 0 aliphatic carbocycles. The third-order valence-electron chi connectivity index (χ3n) is 3.99. The number of piperazine rings is 1. The highest BCUT2D eigenvalue weighted by Crippen LogP contribution is 2.12. The minimum Gasteiger partial charge on any atom is -0.342 e. The summed E-state index contributed by atoms with van der Waals surface area (Å²) in [5.74, 6) is 0.421. The van der Waals surface area contributed by atoms with Crippen LogP contribution in [0.1, 0.15) is 38.5 Å². The monoisotopic (exact) mass is 267 g/mol. The predicted molar refractivity (Wildman–Crippen MR) is 73.7 cm³/mol. The van der Waals surface area contributed by atoms with Crippen molar-refractivity contribution in [3.8, 4) is 0 Å². The molecule has 5 heteroatoms. The Bertz CT molecular complexity index is 314. The van der Waals surface area contributed by atoms with E-state index in [1.807, 2.05) is 9.80 Å². The molecule has 5 nitrogen and oxygen atoms in total. The van der Waals surface area contributed by atoms with Gasteiger partial charge in [-0.15, -0.1) is 0 Å². The van der Waals surface area contributed by atoms with Crippen LogP contribution >= 0.6 is 0 Å². The lowest BCUT2D eigenvalue weighted by molar-refractivity contribution is -0.135. The number of rotatable bonds is 3. The molecule has 2 heterocycles. The van der Waals surface area contributed by atoms with E-state index in [0.717, 1.165) is 45.6 Å². The Balaban J connectivity index is 1.75. The second-order valence-corrected chi connectivity index (χ2v) is 5.43. The molecule has 2 saturated heterocycles. The first-order valence-electron chi connectivity index (χ1n) is 7.53. The predicted octanol–water partition coefficient (Wildman–Crippen LogP) is 0.601. The molecule has 2 rings (SSSR count). The number of nitrogens with zero attached hydrogens (tertiary/aromatic N) is 2. The molecule has 0 spiro atoms. The number of likely N-dealkylation sites (tertiary alicyclic amines) is 1. The minimum atomic E-state index is 0.191. The van der Waals surface area contributed by atoms with Crippen LogP contribution in [0.15, 0.2) is 0 Å². The highest BCUT2D eigenvalue weighted by Gasteiger charge is 2.19. The van der Waals surface area contributed by atoms with E-state index in [4.69, 9.17) is 0 Å². The van der Waals surface area contributed by atoms with Crippen LogP contribution < -0.4 is 5.32 Å². The van der Waals surface area contributed by atoms with Gasteiger partial charge in [0.05, 0.1) is 0 Å². The normalized spacial score (nSPS) is 22.0. The van der Waals surface area contributed by atoms with Crippen LogP contribution in [0.3, 0.4) is 0 Å². The molecular formula is C14H25N3O2. The Morgan fingerprint density at radius 2 is 1.79 bits per heavy atom. The molecule has 2 fully saturated rings. The zero-order chi connectivity index (χ0) is 13.5. The number of carbonyl (C=O) groups is 2. The molecule has 0 unspecified atom stereocenters. The van der Waals surface area contributed by atoms with Crippen molar-refractivity contribution in [2.24, 2.45) is 0 Å². The van der Waals surface area contributed by atoms with Crippen LogP contribution in [0.2, 0.25) is 0 Å². The standard InChI is InChI=1S/C14H25N3O2/c18-13-5-3-1-2-4-9-16(13)10-6-14(19)17-11-7-15-8-12-17/h15H,1-12H2. The molecule has 2 aliphatic heterocycles. The van der Waals surface area contributed by atoms with Crippen LogP contribution in [-0.4, -0.2) is 60.9 Å². The van der Waals surface area contributed by atoms with E-state index >= 15 is 0 Å². The van der Waals surface area contributed by atoms with Crippen molar-refractivity contribution in [1.29, 1.82) is 0 Å². The van der Waals surface area contributed by atoms with Crippen LogP contribution in [0, 0.1) is 0 Å². The fourth-order valence-corrected chi connectivity index (χ4v) is 2.75. The Morgan fingerprint density at radius 1 is 1.05 bits per heavy atom. The Kier molecular flexibility index (Phi) is 5.63. The third-order valence-corrected chi connectivity index (χ3v) is 3.99. The molecule has 0 saturated carbocycles. The van der Waals surface area contributed by atoms with Crippen molar-refractivity contribution in [3.05, 3.63) is 0 Å². The SMILES string of the molecule is O=C(CCN1CCCCCCC1=O)N1CCNCC1. The van der Waals surface area contributed by atoms with Crippen LogP contribution in [0.25, 0.3) is 0 Å². The lowest BCUT2D eigenvalue weighted by Crippen LogP contribution is -2.47. The van der Waals surface area contributed by atoms with Gasteiger partial charge in [0.2, 0.25) is 11.8 Å². The third kappa shape index (κ3) is 4.49. The molecule has 0 aromatic carbocycles. The number of hydrogen-bond donors (Lipinski definition) is 1. The molecule has 1 N–H and O–H groups in total. The highest BCUT2D eigenvalue weighted by atomic mass is 16.2. The van der Waals surface area contributed by atoms with Gasteiger partial charge in [-0.3, -0.25) is 9.59 Å². The van der Waals surface area contributed by atoms with Gasteiger partial charge in [-0.25, -0.2) is 0 Å². The van der Waals surface area contributed by atoms with Crippen LogP contribution in [0.4, 0.5) is 0 Å². The highest BCUT2D eigenvalue weighted by molar-refractivity contribution is 5.79. The van der Waals surface area contributed by atoms with Crippen molar-refractivity contribution in [1.82, 2.24) is 15.1 Å². The lowest BCUT2D eigenvalue weighted by Gasteiger charge is -2.29. The largest absolute Gasteiger partial charge is 0.342 e. The van der Waals surface area contributed by atoms with E-state index in [-0.39, 0.29) is 11.8 Å². The summed E-state index contributed by atoms with van der Waals surface area (Å²) >= 11 is 0. The quantitative estimate of drug-likeness (QED) is 0.815. The minimum absolute atomic E-state index is 0.191. The van der Waals surface area contributed by atoms with Crippen molar-refractivity contribution in [3.63, 3.8) is 0 Å². The van der Waals surface area contributed by atoms with Gasteiger partial charge in [0.15, 0.2) is 0 Å². The van der Waals surface area contributed by atoms with Gasteiger partial charge in [-0.05, 0) is 12.8 Å². The van der Waals surface area contributed by atoms with Gasteiger partial charge < -0.3 is 15.1 Å². The summed E-state index contributed by atoms with van der Waals surface area (Å²) in [6.07, 6.45) is 5.58. The zero-order valence-corrected chi connectivity index (χ0v) is 11.7. The van der Waals surface area contributed by atoms with E-state index in [0.29, 0.717) is 19.4 Å². The fourth-order valence-electron chi connectivity index (χ4n) is 2.75. The molecule has 108 valence electrons. The molecule has 2 aliphatic rings. The van der Waals surface area contributed by atoms with Gasteiger partial charge in [0.25, 0.3) is 0 Å². The van der Waals surface area contributed by atoms with Gasteiger partial charge in [-0.2, -0.15) is 0 Å². The first-order valence-corrected chi connectivity index (χ1v) is 7.53. The smallest absolute Gasteiger partial charge is 0.224 e. The number of carbonyl (C=O) groups excluding carboxylic acids is 2. The van der Waals surface area contributed by atoms with Crippen molar-refractivity contribution in [2.45, 2.75) is 38.5 Å². The summed E-state index contributed by atoms with van der Waals surface area (Å²) in [5, 5.41) is 3.24. The second kappa shape index (κ2) is 7.48. The van der Waals surface area contributed by atoms with Gasteiger partial charge >= 0.3 is 0 Å². The molecule has 0 radical (unpaired) electrons. The number of hydrogen-bond acceptors (Lipinski definition) is 3. The van der Waals surface area contributed by atoms with E-state index < -0.39 is 0 Å². The summed E-state index contributed by atoms with van der Waals surface area (Å²) in [4.78, 5) is 27.8. The Labute approximate surface area is 115 Å². The first-order chi connectivity index (χ1) is 9.27. The second-order valence-electron chi connectivity index (χ2n) is 5.43. The summed E-state index contributed by atoms with van der Waals surface area (Å²) in [6, 6.07) is 0. The molecule has 0 aromatic heterocycles. The summed E-state index contributed by atoms with van der Waals surface area (Å²) in [7, 11) is 0.